The molecule has 1 saturated carbocycles. The number of allylic oxidation sites excluding steroid dienone is 4. The fourth-order valence-corrected chi connectivity index (χ4v) is 2.43. The fraction of sp³-hybridized carbons (Fsp3) is 0.600. The molecule has 0 radical (unpaired) electrons. The van der Waals surface area contributed by atoms with Crippen molar-refractivity contribution in [2.24, 2.45) is 11.8 Å². The summed E-state index contributed by atoms with van der Waals surface area (Å²) >= 11 is 2.37. The van der Waals surface area contributed by atoms with Crippen LogP contribution in [0.2, 0.25) is 4.59 Å². The van der Waals surface area contributed by atoms with E-state index in [4.69, 9.17) is 0 Å². The first-order valence-corrected chi connectivity index (χ1v) is 4.65. The third-order valence-electron chi connectivity index (χ3n) is 3.35. The number of hydrogen-bond acceptors (Lipinski definition) is 0. The zero-order chi connectivity index (χ0) is 7.84. The van der Waals surface area contributed by atoms with Gasteiger partial charge in [0, 0.05) is 0 Å². The Morgan fingerprint density at radius 1 is 1.55 bits per heavy atom. The Hall–Kier alpha value is 0.0774. The summed E-state index contributed by atoms with van der Waals surface area (Å²) in [5, 5.41) is 0. The Morgan fingerprint density at radius 2 is 2.36 bits per heavy atom. The standard InChI is InChI=1S/C10H13.Li/c1-8-6-9-4-2-3-5-10(9)7-8;/h2-4,6,8,10H,5,7H2,1H3;. The molecule has 0 aromatic carbocycles. The Bertz CT molecular complexity index is 211. The maximum absolute atomic E-state index is 2.38. The Kier molecular flexibility index (Phi) is 2.00. The van der Waals surface area contributed by atoms with E-state index in [1.807, 2.05) is 0 Å². The van der Waals surface area contributed by atoms with Crippen LogP contribution in [0.5, 0.6) is 0 Å². The van der Waals surface area contributed by atoms with Gasteiger partial charge in [-0.2, -0.15) is 0 Å². The van der Waals surface area contributed by atoms with Crippen LogP contribution in [-0.2, 0) is 0 Å². The predicted octanol–water partition coefficient (Wildman–Crippen LogP) is 2.49. The van der Waals surface area contributed by atoms with E-state index in [1.165, 1.54) is 12.8 Å². The molecule has 1 heteroatoms. The van der Waals surface area contributed by atoms with Crippen LogP contribution in [0.4, 0.5) is 0 Å². The molecule has 3 unspecified atom stereocenters. The van der Waals surface area contributed by atoms with Gasteiger partial charge in [0.05, 0.1) is 0 Å². The second-order valence-corrected chi connectivity index (χ2v) is 4.03. The first-order chi connectivity index (χ1) is 5.29. The predicted molar refractivity (Wildman–Crippen MR) is 48.6 cm³/mol. The third kappa shape index (κ3) is 1.23. The SMILES string of the molecule is [Li][CH]1C2=CC=CCC2CC1C. The van der Waals surface area contributed by atoms with Crippen molar-refractivity contribution in [3.05, 3.63) is 23.8 Å². The average Bonchev–Trinajstić information content (AvgIpc) is 2.30. The molecule has 0 N–H and O–H groups in total. The van der Waals surface area contributed by atoms with Crippen molar-refractivity contribution in [3.8, 4) is 0 Å². The molecule has 0 aromatic rings. The molecule has 0 amide bonds. The average molecular weight is 140 g/mol. The summed E-state index contributed by atoms with van der Waals surface area (Å²) in [7, 11) is 0. The summed E-state index contributed by atoms with van der Waals surface area (Å²) in [6.45, 7) is 2.38. The summed E-state index contributed by atoms with van der Waals surface area (Å²) in [5.74, 6) is 1.80. The van der Waals surface area contributed by atoms with E-state index in [0.717, 1.165) is 16.4 Å². The van der Waals surface area contributed by atoms with Crippen molar-refractivity contribution in [1.82, 2.24) is 0 Å². The fourth-order valence-electron chi connectivity index (χ4n) is 2.43. The van der Waals surface area contributed by atoms with E-state index >= 15 is 0 Å². The monoisotopic (exact) mass is 140 g/mol. The second kappa shape index (κ2) is 2.85. The van der Waals surface area contributed by atoms with Crippen LogP contribution in [0, 0.1) is 11.8 Å². The van der Waals surface area contributed by atoms with Crippen molar-refractivity contribution in [1.29, 1.82) is 0 Å². The number of rotatable bonds is 0. The van der Waals surface area contributed by atoms with Gasteiger partial charge in [-0.1, -0.05) is 0 Å². The molecule has 0 spiro atoms. The van der Waals surface area contributed by atoms with E-state index < -0.39 is 0 Å². The second-order valence-electron chi connectivity index (χ2n) is 4.03. The van der Waals surface area contributed by atoms with E-state index in [-0.39, 0.29) is 0 Å². The molecular weight excluding hydrogens is 127 g/mol. The first-order valence-electron chi connectivity index (χ1n) is 4.65. The number of fused-ring (bicyclic) bond motifs is 1. The molecule has 0 nitrogen and oxygen atoms in total. The first kappa shape index (κ1) is 7.71. The van der Waals surface area contributed by atoms with Crippen molar-refractivity contribution in [3.63, 3.8) is 0 Å². The number of hydrogen-bond donors (Lipinski definition) is 0. The van der Waals surface area contributed by atoms with Crippen molar-refractivity contribution >= 4 is 17.7 Å². The maximum atomic E-state index is 2.38. The van der Waals surface area contributed by atoms with Crippen LogP contribution in [0.25, 0.3) is 0 Å². The van der Waals surface area contributed by atoms with Crippen LogP contribution >= 0.6 is 0 Å². The minimum atomic E-state index is 0.838. The van der Waals surface area contributed by atoms with E-state index in [2.05, 4.69) is 42.9 Å². The molecule has 0 bridgehead atoms. The minimum absolute atomic E-state index is 0.838. The summed E-state index contributed by atoms with van der Waals surface area (Å²) in [5.41, 5.74) is 1.71. The van der Waals surface area contributed by atoms with Gasteiger partial charge in [0.1, 0.15) is 0 Å². The summed E-state index contributed by atoms with van der Waals surface area (Å²) in [6, 6.07) is 0. The third-order valence-corrected chi connectivity index (χ3v) is 3.35. The van der Waals surface area contributed by atoms with Gasteiger partial charge in [0.25, 0.3) is 0 Å². The molecule has 54 valence electrons. The van der Waals surface area contributed by atoms with Crippen LogP contribution in [0.1, 0.15) is 19.8 Å². The molecule has 0 aromatic heterocycles. The van der Waals surface area contributed by atoms with Gasteiger partial charge in [0.2, 0.25) is 0 Å². The zero-order valence-electron chi connectivity index (χ0n) is 7.38. The van der Waals surface area contributed by atoms with Crippen molar-refractivity contribution in [2.75, 3.05) is 0 Å². The molecule has 2 aliphatic carbocycles. The van der Waals surface area contributed by atoms with E-state index in [1.54, 1.807) is 5.57 Å². The summed E-state index contributed by atoms with van der Waals surface area (Å²) in [6.07, 6.45) is 9.57. The molecule has 0 aliphatic heterocycles. The molecule has 3 atom stereocenters. The van der Waals surface area contributed by atoms with Crippen LogP contribution in [-0.4, -0.2) is 17.7 Å². The Labute approximate surface area is 78.0 Å². The van der Waals surface area contributed by atoms with Gasteiger partial charge in [-0.3, -0.25) is 0 Å². The molecular formula is C10H13Li. The van der Waals surface area contributed by atoms with Crippen molar-refractivity contribution in [2.45, 2.75) is 24.4 Å². The van der Waals surface area contributed by atoms with Gasteiger partial charge in [-0.15, -0.1) is 0 Å². The van der Waals surface area contributed by atoms with Crippen LogP contribution in [0.3, 0.4) is 0 Å². The van der Waals surface area contributed by atoms with Gasteiger partial charge < -0.3 is 0 Å². The Balaban J connectivity index is 2.25. The van der Waals surface area contributed by atoms with Crippen LogP contribution < -0.4 is 0 Å². The van der Waals surface area contributed by atoms with Crippen LogP contribution in [0.15, 0.2) is 23.8 Å². The van der Waals surface area contributed by atoms with Gasteiger partial charge >= 0.3 is 77.7 Å². The topological polar surface area (TPSA) is 0 Å². The molecule has 11 heavy (non-hydrogen) atoms. The molecule has 0 saturated heterocycles. The summed E-state index contributed by atoms with van der Waals surface area (Å²) < 4.78 is 0.838. The molecule has 1 fully saturated rings. The van der Waals surface area contributed by atoms with Gasteiger partial charge in [0.15, 0.2) is 0 Å². The van der Waals surface area contributed by atoms with Gasteiger partial charge in [-0.25, -0.2) is 0 Å². The zero-order valence-corrected chi connectivity index (χ0v) is 7.38. The normalized spacial score (nSPS) is 42.1. The van der Waals surface area contributed by atoms with Gasteiger partial charge in [-0.05, 0) is 0 Å². The molecule has 0 heterocycles. The summed E-state index contributed by atoms with van der Waals surface area (Å²) in [4.78, 5) is 0. The van der Waals surface area contributed by atoms with E-state index in [9.17, 15) is 0 Å². The van der Waals surface area contributed by atoms with E-state index in [0.29, 0.717) is 0 Å². The Morgan fingerprint density at radius 3 is 3.09 bits per heavy atom. The van der Waals surface area contributed by atoms with Crippen molar-refractivity contribution < 1.29 is 0 Å². The molecule has 2 rings (SSSR count). The molecule has 2 aliphatic rings. The quantitative estimate of drug-likeness (QED) is 0.453.